The van der Waals surface area contributed by atoms with Gasteiger partial charge in [0.1, 0.15) is 5.75 Å². The Hall–Kier alpha value is 0.230. The number of rotatable bonds is 1. The zero-order chi connectivity index (χ0) is 9.42. The standard InChI is InChI=1S/C9H9Br2NO.ClH/c10-6-3-5(8-1-2-12-8)4-7(11)9(6)13;/h3-4,8,12-13H,1-2H2;1H/t8-;/m0./s1. The number of halogens is 3. The molecule has 1 aromatic carbocycles. The van der Waals surface area contributed by atoms with E-state index in [2.05, 4.69) is 37.2 Å². The Morgan fingerprint density at radius 1 is 1.29 bits per heavy atom. The quantitative estimate of drug-likeness (QED) is 0.819. The van der Waals surface area contributed by atoms with Crippen molar-refractivity contribution in [1.29, 1.82) is 0 Å². The largest absolute Gasteiger partial charge is 0.506 e. The molecule has 1 heterocycles. The average Bonchev–Trinajstić information content (AvgIpc) is 1.96. The molecule has 0 aromatic heterocycles. The van der Waals surface area contributed by atoms with E-state index in [9.17, 15) is 5.11 Å². The molecule has 0 saturated carbocycles. The van der Waals surface area contributed by atoms with E-state index in [1.807, 2.05) is 12.1 Å². The van der Waals surface area contributed by atoms with Gasteiger partial charge in [0.2, 0.25) is 0 Å². The van der Waals surface area contributed by atoms with Crippen molar-refractivity contribution < 1.29 is 5.11 Å². The van der Waals surface area contributed by atoms with Crippen molar-refractivity contribution in [2.24, 2.45) is 0 Å². The molecule has 78 valence electrons. The van der Waals surface area contributed by atoms with E-state index in [1.165, 1.54) is 12.0 Å². The van der Waals surface area contributed by atoms with Gasteiger partial charge >= 0.3 is 0 Å². The molecule has 2 rings (SSSR count). The summed E-state index contributed by atoms with van der Waals surface area (Å²) in [5, 5.41) is 12.8. The first kappa shape index (κ1) is 12.3. The van der Waals surface area contributed by atoms with Gasteiger partial charge in [-0.3, -0.25) is 0 Å². The Bertz CT molecular complexity index is 319. The van der Waals surface area contributed by atoms with Crippen molar-refractivity contribution in [1.82, 2.24) is 5.32 Å². The van der Waals surface area contributed by atoms with Gasteiger partial charge in [0, 0.05) is 6.04 Å². The summed E-state index contributed by atoms with van der Waals surface area (Å²) in [6, 6.07) is 4.36. The fraction of sp³-hybridized carbons (Fsp3) is 0.333. The summed E-state index contributed by atoms with van der Waals surface area (Å²) in [4.78, 5) is 0. The Labute approximate surface area is 106 Å². The van der Waals surface area contributed by atoms with Gasteiger partial charge in [-0.25, -0.2) is 0 Å². The normalized spacial score (nSPS) is 19.7. The summed E-state index contributed by atoms with van der Waals surface area (Å²) in [7, 11) is 0. The second-order valence-corrected chi connectivity index (χ2v) is 4.84. The third-order valence-corrected chi connectivity index (χ3v) is 3.47. The summed E-state index contributed by atoms with van der Waals surface area (Å²) in [6.07, 6.45) is 1.17. The van der Waals surface area contributed by atoms with E-state index < -0.39 is 0 Å². The number of phenols is 1. The molecule has 1 aliphatic heterocycles. The SMILES string of the molecule is Cl.Oc1c(Br)cc([C@@H]2CCN2)cc1Br. The number of phenolic OH excluding ortho intramolecular Hbond substituents is 1. The van der Waals surface area contributed by atoms with Crippen LogP contribution in [0.2, 0.25) is 0 Å². The third kappa shape index (κ3) is 2.24. The highest BCUT2D eigenvalue weighted by Crippen LogP contribution is 2.36. The molecule has 0 bridgehead atoms. The van der Waals surface area contributed by atoms with Crippen LogP contribution in [-0.2, 0) is 0 Å². The lowest BCUT2D eigenvalue weighted by Crippen LogP contribution is -2.34. The number of nitrogens with one attached hydrogen (secondary N) is 1. The predicted molar refractivity (Wildman–Crippen MR) is 66.1 cm³/mol. The minimum absolute atomic E-state index is 0. The molecular formula is C9H10Br2ClNO. The molecule has 2 nitrogen and oxygen atoms in total. The summed E-state index contributed by atoms with van der Waals surface area (Å²) < 4.78 is 1.48. The molecule has 0 aliphatic carbocycles. The molecule has 0 amide bonds. The molecule has 1 atom stereocenters. The van der Waals surface area contributed by atoms with Gasteiger partial charge < -0.3 is 10.4 Å². The van der Waals surface area contributed by atoms with Crippen LogP contribution in [0, 0.1) is 0 Å². The van der Waals surface area contributed by atoms with E-state index in [4.69, 9.17) is 0 Å². The molecule has 0 spiro atoms. The van der Waals surface area contributed by atoms with Crippen LogP contribution in [0.5, 0.6) is 5.75 Å². The van der Waals surface area contributed by atoms with Crippen LogP contribution in [0.15, 0.2) is 21.1 Å². The highest BCUT2D eigenvalue weighted by molar-refractivity contribution is 9.11. The molecule has 1 aliphatic rings. The molecule has 5 heteroatoms. The van der Waals surface area contributed by atoms with Crippen molar-refractivity contribution in [2.45, 2.75) is 12.5 Å². The summed E-state index contributed by atoms with van der Waals surface area (Å²) in [6.45, 7) is 1.08. The molecule has 14 heavy (non-hydrogen) atoms. The Kier molecular flexibility index (Phi) is 4.25. The van der Waals surface area contributed by atoms with Crippen LogP contribution < -0.4 is 5.32 Å². The van der Waals surface area contributed by atoms with Crippen LogP contribution >= 0.6 is 44.3 Å². The number of hydrogen-bond donors (Lipinski definition) is 2. The third-order valence-electron chi connectivity index (χ3n) is 2.27. The predicted octanol–water partition coefficient (Wildman–Crippen LogP) is 3.37. The minimum atomic E-state index is 0. The summed E-state index contributed by atoms with van der Waals surface area (Å²) in [5.74, 6) is 0.267. The van der Waals surface area contributed by atoms with E-state index >= 15 is 0 Å². The smallest absolute Gasteiger partial charge is 0.143 e. The zero-order valence-corrected chi connectivity index (χ0v) is 11.2. The second kappa shape index (κ2) is 4.84. The van der Waals surface area contributed by atoms with Gasteiger partial charge in [-0.05, 0) is 62.5 Å². The fourth-order valence-electron chi connectivity index (χ4n) is 1.36. The van der Waals surface area contributed by atoms with Crippen LogP contribution in [-0.4, -0.2) is 11.7 Å². The van der Waals surface area contributed by atoms with E-state index in [0.717, 1.165) is 15.5 Å². The van der Waals surface area contributed by atoms with E-state index in [-0.39, 0.29) is 18.2 Å². The van der Waals surface area contributed by atoms with E-state index in [0.29, 0.717) is 6.04 Å². The van der Waals surface area contributed by atoms with Gasteiger partial charge in [0.25, 0.3) is 0 Å². The number of hydrogen-bond acceptors (Lipinski definition) is 2. The number of benzene rings is 1. The van der Waals surface area contributed by atoms with Crippen LogP contribution in [0.25, 0.3) is 0 Å². The van der Waals surface area contributed by atoms with Crippen molar-refractivity contribution in [2.75, 3.05) is 6.54 Å². The molecule has 0 radical (unpaired) electrons. The molecule has 1 saturated heterocycles. The first-order chi connectivity index (χ1) is 6.18. The average molecular weight is 343 g/mol. The molecule has 1 aromatic rings. The molecular weight excluding hydrogens is 333 g/mol. The highest BCUT2D eigenvalue weighted by Gasteiger charge is 2.20. The maximum Gasteiger partial charge on any atom is 0.143 e. The zero-order valence-electron chi connectivity index (χ0n) is 7.26. The van der Waals surface area contributed by atoms with Crippen LogP contribution in [0.1, 0.15) is 18.0 Å². The van der Waals surface area contributed by atoms with Crippen molar-refractivity contribution >= 4 is 44.3 Å². The van der Waals surface area contributed by atoms with Crippen molar-refractivity contribution in [3.05, 3.63) is 26.6 Å². The Morgan fingerprint density at radius 3 is 2.14 bits per heavy atom. The van der Waals surface area contributed by atoms with Crippen molar-refractivity contribution in [3.8, 4) is 5.75 Å². The summed E-state index contributed by atoms with van der Waals surface area (Å²) >= 11 is 6.62. The minimum Gasteiger partial charge on any atom is -0.506 e. The van der Waals surface area contributed by atoms with Gasteiger partial charge in [-0.1, -0.05) is 0 Å². The lowest BCUT2D eigenvalue weighted by Gasteiger charge is -2.28. The van der Waals surface area contributed by atoms with Crippen molar-refractivity contribution in [3.63, 3.8) is 0 Å². The maximum atomic E-state index is 9.49. The van der Waals surface area contributed by atoms with Gasteiger partial charge in [-0.2, -0.15) is 0 Å². The highest BCUT2D eigenvalue weighted by atomic mass is 79.9. The topological polar surface area (TPSA) is 32.3 Å². The Morgan fingerprint density at radius 2 is 1.79 bits per heavy atom. The lowest BCUT2D eigenvalue weighted by atomic mass is 9.98. The molecule has 2 N–H and O–H groups in total. The fourth-order valence-corrected chi connectivity index (χ4v) is 2.58. The second-order valence-electron chi connectivity index (χ2n) is 3.13. The first-order valence-electron chi connectivity index (χ1n) is 4.10. The molecule has 1 fully saturated rings. The van der Waals surface area contributed by atoms with Gasteiger partial charge in [0.15, 0.2) is 0 Å². The van der Waals surface area contributed by atoms with E-state index in [1.54, 1.807) is 0 Å². The van der Waals surface area contributed by atoms with Gasteiger partial charge in [-0.15, -0.1) is 12.4 Å². The summed E-state index contributed by atoms with van der Waals surface area (Å²) in [5.41, 5.74) is 1.21. The monoisotopic (exact) mass is 341 g/mol. The first-order valence-corrected chi connectivity index (χ1v) is 5.68. The maximum absolute atomic E-state index is 9.49. The molecule has 0 unspecified atom stereocenters. The van der Waals surface area contributed by atoms with Crippen LogP contribution in [0.4, 0.5) is 0 Å². The Balaban J connectivity index is 0.000000980. The van der Waals surface area contributed by atoms with Gasteiger partial charge in [0.05, 0.1) is 8.95 Å². The lowest BCUT2D eigenvalue weighted by molar-refractivity contribution is 0.382. The number of aromatic hydroxyl groups is 1. The van der Waals surface area contributed by atoms with Crippen LogP contribution in [0.3, 0.4) is 0 Å².